The van der Waals surface area contributed by atoms with Crippen LogP contribution in [0.1, 0.15) is 13.0 Å². The number of halogens is 1. The average molecular weight is 331 g/mol. The third-order valence-corrected chi connectivity index (χ3v) is 4.78. The minimum absolute atomic E-state index is 0.00302. The molecule has 0 spiro atoms. The Kier molecular flexibility index (Phi) is 5.23. The minimum Gasteiger partial charge on any atom is -0.481 e. The Morgan fingerprint density at radius 1 is 1.55 bits per heavy atom. The highest BCUT2D eigenvalue weighted by Gasteiger charge is 2.17. The lowest BCUT2D eigenvalue weighted by atomic mass is 10.3. The van der Waals surface area contributed by atoms with E-state index in [2.05, 4.69) is 22.7 Å². The van der Waals surface area contributed by atoms with Gasteiger partial charge in [-0.2, -0.15) is 11.8 Å². The maximum Gasteiger partial charge on any atom is 0.313 e. The fraction of sp³-hybridized carbons (Fsp3) is 0.385. The van der Waals surface area contributed by atoms with Gasteiger partial charge >= 0.3 is 5.97 Å². The van der Waals surface area contributed by atoms with Crippen LogP contribution in [-0.2, 0) is 4.79 Å². The Labute approximate surface area is 130 Å². The number of thioether (sulfide) groups is 2. The Morgan fingerprint density at radius 3 is 2.95 bits per heavy atom. The van der Waals surface area contributed by atoms with Crippen LogP contribution in [0.3, 0.4) is 0 Å². The van der Waals surface area contributed by atoms with Crippen LogP contribution >= 0.6 is 35.1 Å². The van der Waals surface area contributed by atoms with E-state index < -0.39 is 5.97 Å². The number of aliphatic carboxylic acids is 1. The van der Waals surface area contributed by atoms with Gasteiger partial charge in [0.1, 0.15) is 0 Å². The Bertz CT molecular complexity index is 630. The number of carboxylic acid groups (broad SMARTS) is 1. The maximum atomic E-state index is 10.8. The van der Waals surface area contributed by atoms with Crippen molar-refractivity contribution in [2.45, 2.75) is 18.1 Å². The van der Waals surface area contributed by atoms with Crippen LogP contribution in [0.15, 0.2) is 23.4 Å². The van der Waals surface area contributed by atoms with Crippen molar-refractivity contribution in [1.29, 1.82) is 0 Å². The smallest absolute Gasteiger partial charge is 0.313 e. The van der Waals surface area contributed by atoms with Crippen molar-refractivity contribution in [2.75, 3.05) is 17.8 Å². The molecule has 4 nitrogen and oxygen atoms in total. The van der Waals surface area contributed by atoms with E-state index in [1.165, 1.54) is 11.8 Å². The molecule has 0 saturated carbocycles. The highest BCUT2D eigenvalue weighted by atomic mass is 35.5. The van der Waals surface area contributed by atoms with Crippen molar-refractivity contribution >= 4 is 52.1 Å². The number of carbonyl (C=O) groups is 1. The summed E-state index contributed by atoms with van der Waals surface area (Å²) in [5.74, 6) is 0.0988. The number of benzene rings is 1. The SMILES string of the molecule is CSCC(C)n1c(SCC(=O)O)nc2cc(Cl)ccc21. The van der Waals surface area contributed by atoms with Crippen molar-refractivity contribution < 1.29 is 9.90 Å². The second-order valence-corrected chi connectivity index (χ2v) is 6.67. The summed E-state index contributed by atoms with van der Waals surface area (Å²) < 4.78 is 2.09. The van der Waals surface area contributed by atoms with E-state index in [1.54, 1.807) is 11.8 Å². The molecule has 7 heteroatoms. The fourth-order valence-electron chi connectivity index (χ4n) is 2.02. The molecule has 108 valence electrons. The molecule has 1 atom stereocenters. The summed E-state index contributed by atoms with van der Waals surface area (Å²) in [5, 5.41) is 10.2. The van der Waals surface area contributed by atoms with Crippen molar-refractivity contribution in [1.82, 2.24) is 9.55 Å². The van der Waals surface area contributed by atoms with Gasteiger partial charge in [0.15, 0.2) is 5.16 Å². The monoisotopic (exact) mass is 330 g/mol. The summed E-state index contributed by atoms with van der Waals surface area (Å²) in [5.41, 5.74) is 1.79. The molecule has 1 unspecified atom stereocenters. The molecule has 0 saturated heterocycles. The molecule has 0 bridgehead atoms. The van der Waals surface area contributed by atoms with E-state index >= 15 is 0 Å². The van der Waals surface area contributed by atoms with Crippen LogP contribution in [0.4, 0.5) is 0 Å². The topological polar surface area (TPSA) is 55.1 Å². The number of aromatic nitrogens is 2. The first-order valence-corrected chi connectivity index (χ1v) is 8.79. The molecule has 2 rings (SSSR count). The number of rotatable bonds is 6. The first-order chi connectivity index (χ1) is 9.52. The van der Waals surface area contributed by atoms with E-state index in [0.717, 1.165) is 21.9 Å². The van der Waals surface area contributed by atoms with Gasteiger partial charge in [-0.25, -0.2) is 4.98 Å². The van der Waals surface area contributed by atoms with Gasteiger partial charge in [0.2, 0.25) is 0 Å². The molecule has 0 aliphatic carbocycles. The summed E-state index contributed by atoms with van der Waals surface area (Å²) >= 11 is 8.99. The van der Waals surface area contributed by atoms with E-state index in [9.17, 15) is 4.79 Å². The molecule has 2 aromatic rings. The summed E-state index contributed by atoms with van der Waals surface area (Å²) in [6.07, 6.45) is 2.05. The second-order valence-electron chi connectivity index (χ2n) is 4.38. The van der Waals surface area contributed by atoms with Crippen molar-refractivity contribution in [3.8, 4) is 0 Å². The third-order valence-electron chi connectivity index (χ3n) is 2.79. The predicted octanol–water partition coefficient (Wildman–Crippen LogP) is 3.79. The number of hydrogen-bond donors (Lipinski definition) is 1. The minimum atomic E-state index is -0.843. The molecule has 1 N–H and O–H groups in total. The van der Waals surface area contributed by atoms with Gasteiger partial charge in [-0.3, -0.25) is 4.79 Å². The van der Waals surface area contributed by atoms with Crippen LogP contribution in [0.5, 0.6) is 0 Å². The summed E-state index contributed by atoms with van der Waals surface area (Å²) in [4.78, 5) is 15.3. The fourth-order valence-corrected chi connectivity index (χ4v) is 3.65. The van der Waals surface area contributed by atoms with E-state index in [1.807, 2.05) is 18.2 Å². The molecular weight excluding hydrogens is 316 g/mol. The van der Waals surface area contributed by atoms with Crippen LogP contribution in [-0.4, -0.2) is 38.4 Å². The maximum absolute atomic E-state index is 10.8. The molecule has 0 amide bonds. The van der Waals surface area contributed by atoms with Gasteiger partial charge in [0, 0.05) is 16.8 Å². The highest BCUT2D eigenvalue weighted by molar-refractivity contribution is 7.99. The zero-order chi connectivity index (χ0) is 14.7. The Hall–Kier alpha value is -0.850. The molecule has 0 radical (unpaired) electrons. The summed E-state index contributed by atoms with van der Waals surface area (Å²) in [7, 11) is 0. The first-order valence-electron chi connectivity index (χ1n) is 6.04. The van der Waals surface area contributed by atoms with Crippen LogP contribution in [0.25, 0.3) is 11.0 Å². The lowest BCUT2D eigenvalue weighted by Gasteiger charge is -2.16. The summed E-state index contributed by atoms with van der Waals surface area (Å²) in [6, 6.07) is 5.82. The molecule has 0 fully saturated rings. The molecule has 1 aromatic carbocycles. The van der Waals surface area contributed by atoms with Gasteiger partial charge in [-0.05, 0) is 31.4 Å². The van der Waals surface area contributed by atoms with Crippen molar-refractivity contribution in [3.63, 3.8) is 0 Å². The molecular formula is C13H15ClN2O2S2. The Morgan fingerprint density at radius 2 is 2.30 bits per heavy atom. The lowest BCUT2D eigenvalue weighted by Crippen LogP contribution is -2.10. The van der Waals surface area contributed by atoms with E-state index in [0.29, 0.717) is 5.02 Å². The van der Waals surface area contributed by atoms with E-state index in [4.69, 9.17) is 16.7 Å². The first kappa shape index (κ1) is 15.5. The molecule has 0 aliphatic rings. The van der Waals surface area contributed by atoms with Crippen LogP contribution in [0.2, 0.25) is 5.02 Å². The van der Waals surface area contributed by atoms with Gasteiger partial charge in [-0.1, -0.05) is 23.4 Å². The lowest BCUT2D eigenvalue weighted by molar-refractivity contribution is -0.133. The normalized spacial score (nSPS) is 12.8. The standard InChI is InChI=1S/C13H15ClN2O2S2/c1-8(6-19-2)16-11-4-3-9(14)5-10(11)15-13(16)20-7-12(17)18/h3-5,8H,6-7H2,1-2H3,(H,17,18). The van der Waals surface area contributed by atoms with Crippen LogP contribution < -0.4 is 0 Å². The van der Waals surface area contributed by atoms with Gasteiger partial charge in [0.05, 0.1) is 16.8 Å². The summed E-state index contributed by atoms with van der Waals surface area (Å²) in [6.45, 7) is 2.11. The molecule has 20 heavy (non-hydrogen) atoms. The average Bonchev–Trinajstić information content (AvgIpc) is 2.74. The molecule has 1 aromatic heterocycles. The largest absolute Gasteiger partial charge is 0.481 e. The number of hydrogen-bond acceptors (Lipinski definition) is 4. The quantitative estimate of drug-likeness (QED) is 0.817. The molecule has 1 heterocycles. The third kappa shape index (κ3) is 3.42. The van der Waals surface area contributed by atoms with Gasteiger partial charge in [0.25, 0.3) is 0 Å². The highest BCUT2D eigenvalue weighted by Crippen LogP contribution is 2.30. The number of nitrogens with zero attached hydrogens (tertiary/aromatic N) is 2. The second kappa shape index (κ2) is 6.74. The van der Waals surface area contributed by atoms with Crippen LogP contribution in [0, 0.1) is 0 Å². The number of carboxylic acids is 1. The number of imidazole rings is 1. The number of fused-ring (bicyclic) bond motifs is 1. The Balaban J connectivity index is 2.47. The zero-order valence-electron chi connectivity index (χ0n) is 11.2. The molecule has 0 aliphatic heterocycles. The predicted molar refractivity (Wildman–Crippen MR) is 86.2 cm³/mol. The van der Waals surface area contributed by atoms with Gasteiger partial charge < -0.3 is 9.67 Å². The van der Waals surface area contributed by atoms with Crippen molar-refractivity contribution in [3.05, 3.63) is 23.2 Å². The van der Waals surface area contributed by atoms with E-state index in [-0.39, 0.29) is 11.8 Å². The van der Waals surface area contributed by atoms with Gasteiger partial charge in [-0.15, -0.1) is 0 Å². The van der Waals surface area contributed by atoms with Crippen molar-refractivity contribution in [2.24, 2.45) is 0 Å². The zero-order valence-corrected chi connectivity index (χ0v) is 13.6.